The van der Waals surface area contributed by atoms with E-state index >= 15 is 0 Å². The van der Waals surface area contributed by atoms with Crippen molar-refractivity contribution in [1.82, 2.24) is 10.0 Å². The highest BCUT2D eigenvalue weighted by molar-refractivity contribution is 7.89. The highest BCUT2D eigenvalue weighted by atomic mass is 35.5. The maximum atomic E-state index is 12.5. The van der Waals surface area contributed by atoms with Crippen LogP contribution in [0.2, 0.25) is 5.02 Å². The van der Waals surface area contributed by atoms with Crippen molar-refractivity contribution in [3.05, 3.63) is 23.2 Å². The van der Waals surface area contributed by atoms with E-state index in [1.54, 1.807) is 0 Å². The monoisotopic (exact) mass is 416 g/mol. The molecule has 1 aromatic carbocycles. The number of nitrogens with one attached hydrogen (secondary N) is 2. The minimum atomic E-state index is -3.62. The van der Waals surface area contributed by atoms with Gasteiger partial charge in [0.2, 0.25) is 10.0 Å². The smallest absolute Gasteiger partial charge is 0.258 e. The van der Waals surface area contributed by atoms with E-state index in [2.05, 4.69) is 17.0 Å². The van der Waals surface area contributed by atoms with Crippen LogP contribution in [0.15, 0.2) is 23.1 Å². The van der Waals surface area contributed by atoms with Crippen LogP contribution in [-0.2, 0) is 14.8 Å². The Balaban J connectivity index is 1.95. The van der Waals surface area contributed by atoms with Gasteiger partial charge in [-0.1, -0.05) is 44.2 Å². The van der Waals surface area contributed by atoms with Crippen LogP contribution in [0.3, 0.4) is 0 Å². The molecule has 1 fully saturated rings. The van der Waals surface area contributed by atoms with Crippen molar-refractivity contribution in [2.75, 3.05) is 6.61 Å². The first kappa shape index (κ1) is 22.0. The molecule has 2 N–H and O–H groups in total. The largest absolute Gasteiger partial charge is 0.482 e. The third-order valence-corrected chi connectivity index (χ3v) is 6.44. The quantitative estimate of drug-likeness (QED) is 0.643. The predicted molar refractivity (Wildman–Crippen MR) is 107 cm³/mol. The summed E-state index contributed by atoms with van der Waals surface area (Å²) in [5, 5.41) is 3.00. The van der Waals surface area contributed by atoms with Gasteiger partial charge in [-0.2, -0.15) is 0 Å². The van der Waals surface area contributed by atoms with Gasteiger partial charge in [-0.15, -0.1) is 0 Å². The van der Waals surface area contributed by atoms with Crippen LogP contribution in [0.4, 0.5) is 0 Å². The molecule has 1 aliphatic rings. The van der Waals surface area contributed by atoms with Gasteiger partial charge in [-0.3, -0.25) is 4.79 Å². The van der Waals surface area contributed by atoms with Gasteiger partial charge >= 0.3 is 0 Å². The van der Waals surface area contributed by atoms with Gasteiger partial charge in [0.05, 0.1) is 9.92 Å². The van der Waals surface area contributed by atoms with E-state index in [-0.39, 0.29) is 40.3 Å². The number of ether oxygens (including phenoxy) is 1. The molecular formula is C19H29ClN2O4S. The molecule has 1 aliphatic carbocycles. The van der Waals surface area contributed by atoms with Gasteiger partial charge in [0.15, 0.2) is 6.61 Å². The predicted octanol–water partition coefficient (Wildman–Crippen LogP) is 3.63. The van der Waals surface area contributed by atoms with E-state index < -0.39 is 10.0 Å². The van der Waals surface area contributed by atoms with Crippen LogP contribution in [-0.4, -0.2) is 33.0 Å². The number of carbonyl (C=O) groups excluding carboxylic acids is 1. The van der Waals surface area contributed by atoms with Crippen LogP contribution in [0.1, 0.15) is 58.8 Å². The Morgan fingerprint density at radius 2 is 2.00 bits per heavy atom. The summed E-state index contributed by atoms with van der Waals surface area (Å²) in [7, 11) is -3.62. The standard InChI is InChI=1S/C19H29ClN2O4S/c1-3-7-14(2)21-19(23)13-26-18-11-10-16(12-17(18)20)27(24,25)22-15-8-5-4-6-9-15/h10-12,14-15,22H,3-9,13H2,1-2H3,(H,21,23)/t14-/m0/s1. The number of halogens is 1. The number of carbonyl (C=O) groups is 1. The molecule has 1 amide bonds. The molecule has 0 radical (unpaired) electrons. The summed E-state index contributed by atoms with van der Waals surface area (Å²) in [4.78, 5) is 12.0. The summed E-state index contributed by atoms with van der Waals surface area (Å²) >= 11 is 6.17. The molecule has 0 bridgehead atoms. The highest BCUT2D eigenvalue weighted by Gasteiger charge is 2.22. The Hall–Kier alpha value is -1.31. The van der Waals surface area contributed by atoms with Crippen LogP contribution < -0.4 is 14.8 Å². The van der Waals surface area contributed by atoms with Gasteiger partial charge in [-0.25, -0.2) is 13.1 Å². The number of hydrogen-bond acceptors (Lipinski definition) is 4. The van der Waals surface area contributed by atoms with Gasteiger partial charge in [0, 0.05) is 12.1 Å². The van der Waals surface area contributed by atoms with Crippen LogP contribution in [0.5, 0.6) is 5.75 Å². The molecule has 0 aromatic heterocycles. The summed E-state index contributed by atoms with van der Waals surface area (Å²) in [6.07, 6.45) is 6.84. The van der Waals surface area contributed by atoms with Crippen molar-refractivity contribution in [2.24, 2.45) is 0 Å². The maximum absolute atomic E-state index is 12.5. The molecule has 1 aromatic rings. The lowest BCUT2D eigenvalue weighted by molar-refractivity contribution is -0.123. The highest BCUT2D eigenvalue weighted by Crippen LogP contribution is 2.28. The maximum Gasteiger partial charge on any atom is 0.258 e. The number of benzene rings is 1. The molecule has 0 aliphatic heterocycles. The topological polar surface area (TPSA) is 84.5 Å². The Labute approximate surface area is 167 Å². The first-order chi connectivity index (χ1) is 12.8. The minimum absolute atomic E-state index is 0.0211. The Kier molecular flexibility index (Phi) is 8.38. The van der Waals surface area contributed by atoms with E-state index in [9.17, 15) is 13.2 Å². The number of hydrogen-bond donors (Lipinski definition) is 2. The SMILES string of the molecule is CCC[C@H](C)NC(=O)COc1ccc(S(=O)(=O)NC2CCCCC2)cc1Cl. The van der Waals surface area contributed by atoms with Crippen molar-refractivity contribution in [1.29, 1.82) is 0 Å². The lowest BCUT2D eigenvalue weighted by Crippen LogP contribution is -2.36. The zero-order valence-electron chi connectivity index (χ0n) is 16.0. The zero-order chi connectivity index (χ0) is 19.9. The average Bonchev–Trinajstić information content (AvgIpc) is 2.61. The van der Waals surface area contributed by atoms with Crippen molar-refractivity contribution >= 4 is 27.5 Å². The fourth-order valence-corrected chi connectivity index (χ4v) is 4.87. The van der Waals surface area contributed by atoms with Gasteiger partial charge in [-0.05, 0) is 44.4 Å². The van der Waals surface area contributed by atoms with Crippen LogP contribution in [0, 0.1) is 0 Å². The fourth-order valence-electron chi connectivity index (χ4n) is 3.24. The molecule has 0 heterocycles. The minimum Gasteiger partial charge on any atom is -0.482 e. The second-order valence-corrected chi connectivity index (χ2v) is 9.22. The van der Waals surface area contributed by atoms with E-state index in [0.717, 1.165) is 44.9 Å². The van der Waals surface area contributed by atoms with E-state index in [0.29, 0.717) is 0 Å². The lowest BCUT2D eigenvalue weighted by atomic mass is 9.96. The Morgan fingerprint density at radius 1 is 1.30 bits per heavy atom. The number of rotatable bonds is 9. The normalized spacial score (nSPS) is 16.7. The molecule has 1 saturated carbocycles. The third-order valence-electron chi connectivity index (χ3n) is 4.63. The van der Waals surface area contributed by atoms with Gasteiger partial charge in [0.25, 0.3) is 5.91 Å². The molecule has 27 heavy (non-hydrogen) atoms. The van der Waals surface area contributed by atoms with E-state index in [4.69, 9.17) is 16.3 Å². The first-order valence-electron chi connectivity index (χ1n) is 9.56. The van der Waals surface area contributed by atoms with Crippen molar-refractivity contribution < 1.29 is 17.9 Å². The molecule has 152 valence electrons. The van der Waals surface area contributed by atoms with Crippen LogP contribution >= 0.6 is 11.6 Å². The molecule has 1 atom stereocenters. The van der Waals surface area contributed by atoms with Crippen molar-refractivity contribution in [3.63, 3.8) is 0 Å². The molecule has 2 rings (SSSR count). The van der Waals surface area contributed by atoms with Crippen molar-refractivity contribution in [3.8, 4) is 5.75 Å². The molecule has 8 heteroatoms. The Morgan fingerprint density at radius 3 is 2.63 bits per heavy atom. The summed E-state index contributed by atoms with van der Waals surface area (Å²) < 4.78 is 33.3. The fraction of sp³-hybridized carbons (Fsp3) is 0.632. The summed E-state index contributed by atoms with van der Waals surface area (Å²) in [6.45, 7) is 3.82. The van der Waals surface area contributed by atoms with Crippen LogP contribution in [0.25, 0.3) is 0 Å². The molecule has 0 spiro atoms. The van der Waals surface area contributed by atoms with Gasteiger partial charge in [0.1, 0.15) is 5.75 Å². The second kappa shape index (κ2) is 10.3. The van der Waals surface area contributed by atoms with E-state index in [1.807, 2.05) is 6.92 Å². The molecule has 0 unspecified atom stereocenters. The molecule has 0 saturated heterocycles. The number of sulfonamides is 1. The zero-order valence-corrected chi connectivity index (χ0v) is 17.5. The summed E-state index contributed by atoms with van der Waals surface area (Å²) in [5.74, 6) is 0.0502. The van der Waals surface area contributed by atoms with Gasteiger partial charge < -0.3 is 10.1 Å². The lowest BCUT2D eigenvalue weighted by Gasteiger charge is -2.22. The first-order valence-corrected chi connectivity index (χ1v) is 11.4. The summed E-state index contributed by atoms with van der Waals surface area (Å²) in [6, 6.07) is 4.36. The molecular weight excluding hydrogens is 388 g/mol. The van der Waals surface area contributed by atoms with E-state index in [1.165, 1.54) is 18.2 Å². The third kappa shape index (κ3) is 6.97. The average molecular weight is 417 g/mol. The van der Waals surface area contributed by atoms with Crippen molar-refractivity contribution in [2.45, 2.75) is 75.8 Å². The second-order valence-electron chi connectivity index (χ2n) is 7.09. The molecule has 6 nitrogen and oxygen atoms in total. The summed E-state index contributed by atoms with van der Waals surface area (Å²) in [5.41, 5.74) is 0. The number of amides is 1. The Bertz CT molecular complexity index is 733.